The quantitative estimate of drug-likeness (QED) is 0.584. The Balaban J connectivity index is 1.87. The minimum Gasteiger partial charge on any atom is -0.306 e. The molecule has 0 fully saturated rings. The largest absolute Gasteiger partial charge is 0.306 e. The molecule has 0 bridgehead atoms. The van der Waals surface area contributed by atoms with Crippen molar-refractivity contribution in [1.82, 2.24) is 14.8 Å². The number of carbonyl (C=O) groups is 1. The van der Waals surface area contributed by atoms with Crippen molar-refractivity contribution in [2.24, 2.45) is 0 Å². The lowest BCUT2D eigenvalue weighted by Crippen LogP contribution is -2.15. The molecule has 0 saturated carbocycles. The molecule has 5 heteroatoms. The van der Waals surface area contributed by atoms with Crippen LogP contribution in [0.15, 0.2) is 60.7 Å². The van der Waals surface area contributed by atoms with E-state index in [2.05, 4.69) is 15.4 Å². The van der Waals surface area contributed by atoms with Gasteiger partial charge in [0, 0.05) is 11.3 Å². The molecule has 2 aromatic carbocycles. The number of benzene rings is 2. The van der Waals surface area contributed by atoms with Crippen molar-refractivity contribution in [3.63, 3.8) is 0 Å². The summed E-state index contributed by atoms with van der Waals surface area (Å²) in [4.78, 5) is 17.4. The number of aromatic nitrogens is 3. The molecule has 0 spiro atoms. The van der Waals surface area contributed by atoms with Gasteiger partial charge in [-0.15, -0.1) is 5.10 Å². The molecule has 5 nitrogen and oxygen atoms in total. The van der Waals surface area contributed by atoms with Gasteiger partial charge >= 0.3 is 0 Å². The summed E-state index contributed by atoms with van der Waals surface area (Å²) in [6.07, 6.45) is 0. The molecule has 0 aliphatic heterocycles. The minimum atomic E-state index is -0.172. The van der Waals surface area contributed by atoms with Crippen molar-refractivity contribution >= 4 is 22.8 Å². The Morgan fingerprint density at radius 1 is 0.963 bits per heavy atom. The van der Waals surface area contributed by atoms with Gasteiger partial charge in [-0.05, 0) is 56.7 Å². The predicted molar refractivity (Wildman–Crippen MR) is 107 cm³/mol. The maximum Gasteiger partial charge on any atom is 0.256 e. The Labute approximate surface area is 157 Å². The third-order valence-electron chi connectivity index (χ3n) is 4.52. The predicted octanol–water partition coefficient (Wildman–Crippen LogP) is 4.60. The number of nitrogens with one attached hydrogen (secondary N) is 1. The molecule has 2 aromatic heterocycles. The van der Waals surface area contributed by atoms with Crippen LogP contribution in [-0.2, 0) is 0 Å². The van der Waals surface area contributed by atoms with Gasteiger partial charge in [0.1, 0.15) is 5.82 Å². The van der Waals surface area contributed by atoms with Gasteiger partial charge < -0.3 is 5.32 Å². The number of hydrogen-bond acceptors (Lipinski definition) is 3. The number of hydrogen-bond donors (Lipinski definition) is 1. The van der Waals surface area contributed by atoms with Gasteiger partial charge in [0.2, 0.25) is 0 Å². The first-order valence-electron chi connectivity index (χ1n) is 8.83. The van der Waals surface area contributed by atoms with Crippen molar-refractivity contribution in [1.29, 1.82) is 0 Å². The number of nitrogens with zero attached hydrogens (tertiary/aromatic N) is 3. The van der Waals surface area contributed by atoms with Gasteiger partial charge in [-0.2, -0.15) is 0 Å². The van der Waals surface area contributed by atoms with Gasteiger partial charge in [0.05, 0.1) is 11.1 Å². The SMILES string of the molecule is Cc1ccc(C(=O)Nc2c3c(C)cc(C)nc3nn2-c2ccccc2)cc1. The fourth-order valence-electron chi connectivity index (χ4n) is 3.19. The normalized spacial score (nSPS) is 10.9. The lowest BCUT2D eigenvalue weighted by atomic mass is 10.1. The maximum absolute atomic E-state index is 12.9. The van der Waals surface area contributed by atoms with Gasteiger partial charge in [0.15, 0.2) is 5.65 Å². The Morgan fingerprint density at radius 3 is 2.37 bits per heavy atom. The van der Waals surface area contributed by atoms with E-state index in [1.165, 1.54) is 0 Å². The fraction of sp³-hybridized carbons (Fsp3) is 0.136. The highest BCUT2D eigenvalue weighted by atomic mass is 16.1. The lowest BCUT2D eigenvalue weighted by molar-refractivity contribution is 0.102. The smallest absolute Gasteiger partial charge is 0.256 e. The van der Waals surface area contributed by atoms with Crippen LogP contribution in [-0.4, -0.2) is 20.7 Å². The van der Waals surface area contributed by atoms with Gasteiger partial charge in [-0.1, -0.05) is 35.9 Å². The van der Waals surface area contributed by atoms with E-state index in [0.29, 0.717) is 17.0 Å². The Morgan fingerprint density at radius 2 is 1.67 bits per heavy atom. The Bertz CT molecular complexity index is 1130. The molecule has 4 aromatic rings. The standard InChI is InChI=1S/C22H20N4O/c1-14-9-11-17(12-10-14)22(27)24-21-19-15(2)13-16(3)23-20(19)25-26(21)18-7-5-4-6-8-18/h4-13H,1-3H3,(H,24,27). The first kappa shape index (κ1) is 17.0. The van der Waals surface area contributed by atoms with Crippen molar-refractivity contribution in [3.05, 3.63) is 83.0 Å². The summed E-state index contributed by atoms with van der Waals surface area (Å²) in [6.45, 7) is 5.95. The number of aryl methyl sites for hydroxylation is 3. The summed E-state index contributed by atoms with van der Waals surface area (Å²) in [5.74, 6) is 0.459. The molecule has 27 heavy (non-hydrogen) atoms. The number of anilines is 1. The number of pyridine rings is 1. The molecule has 0 unspecified atom stereocenters. The zero-order valence-electron chi connectivity index (χ0n) is 15.5. The number of amides is 1. The summed E-state index contributed by atoms with van der Waals surface area (Å²) in [5, 5.41) is 8.56. The average molecular weight is 356 g/mol. The molecule has 2 heterocycles. The highest BCUT2D eigenvalue weighted by molar-refractivity contribution is 6.08. The molecule has 0 aliphatic carbocycles. The van der Waals surface area contributed by atoms with E-state index in [9.17, 15) is 4.79 Å². The molecule has 1 N–H and O–H groups in total. The molecule has 0 radical (unpaired) electrons. The summed E-state index contributed by atoms with van der Waals surface area (Å²) >= 11 is 0. The molecule has 1 amide bonds. The average Bonchev–Trinajstić information content (AvgIpc) is 3.01. The van der Waals surface area contributed by atoms with Gasteiger partial charge in [0.25, 0.3) is 5.91 Å². The van der Waals surface area contributed by atoms with E-state index >= 15 is 0 Å². The minimum absolute atomic E-state index is 0.172. The van der Waals surface area contributed by atoms with Crippen LogP contribution in [0.2, 0.25) is 0 Å². The molecular weight excluding hydrogens is 336 g/mol. The van der Waals surface area contributed by atoms with Crippen molar-refractivity contribution in [2.45, 2.75) is 20.8 Å². The van der Waals surface area contributed by atoms with E-state index in [0.717, 1.165) is 27.9 Å². The first-order chi connectivity index (χ1) is 13.0. The molecule has 4 rings (SSSR count). The fourth-order valence-corrected chi connectivity index (χ4v) is 3.19. The topological polar surface area (TPSA) is 59.8 Å². The van der Waals surface area contributed by atoms with E-state index in [1.54, 1.807) is 4.68 Å². The summed E-state index contributed by atoms with van der Waals surface area (Å²) < 4.78 is 1.75. The molecule has 0 atom stereocenters. The van der Waals surface area contributed by atoms with E-state index in [-0.39, 0.29) is 5.91 Å². The number of rotatable bonds is 3. The van der Waals surface area contributed by atoms with Crippen molar-refractivity contribution < 1.29 is 4.79 Å². The van der Waals surface area contributed by atoms with Crippen LogP contribution in [0.1, 0.15) is 27.2 Å². The number of fused-ring (bicyclic) bond motifs is 1. The first-order valence-corrected chi connectivity index (χ1v) is 8.83. The summed E-state index contributed by atoms with van der Waals surface area (Å²) in [7, 11) is 0. The van der Waals surface area contributed by atoms with E-state index in [1.807, 2.05) is 81.4 Å². The van der Waals surface area contributed by atoms with Crippen LogP contribution in [0, 0.1) is 20.8 Å². The van der Waals surface area contributed by atoms with Crippen LogP contribution in [0.3, 0.4) is 0 Å². The van der Waals surface area contributed by atoms with E-state index in [4.69, 9.17) is 0 Å². The monoisotopic (exact) mass is 356 g/mol. The van der Waals surface area contributed by atoms with Crippen LogP contribution >= 0.6 is 0 Å². The maximum atomic E-state index is 12.9. The Hall–Kier alpha value is -3.47. The number of para-hydroxylation sites is 1. The highest BCUT2D eigenvalue weighted by Crippen LogP contribution is 2.29. The second-order valence-electron chi connectivity index (χ2n) is 6.70. The molecule has 0 aliphatic rings. The third kappa shape index (κ3) is 3.19. The zero-order valence-corrected chi connectivity index (χ0v) is 15.5. The van der Waals surface area contributed by atoms with Crippen LogP contribution in [0.5, 0.6) is 0 Å². The van der Waals surface area contributed by atoms with Crippen LogP contribution in [0.4, 0.5) is 5.82 Å². The molecule has 0 saturated heterocycles. The molecular formula is C22H20N4O. The third-order valence-corrected chi connectivity index (χ3v) is 4.52. The van der Waals surface area contributed by atoms with Gasteiger partial charge in [-0.25, -0.2) is 9.67 Å². The van der Waals surface area contributed by atoms with Crippen LogP contribution < -0.4 is 5.32 Å². The second kappa shape index (κ2) is 6.68. The van der Waals surface area contributed by atoms with Gasteiger partial charge in [-0.3, -0.25) is 4.79 Å². The van der Waals surface area contributed by atoms with Crippen LogP contribution in [0.25, 0.3) is 16.7 Å². The van der Waals surface area contributed by atoms with Crippen molar-refractivity contribution in [3.8, 4) is 5.69 Å². The van der Waals surface area contributed by atoms with Crippen molar-refractivity contribution in [2.75, 3.05) is 5.32 Å². The summed E-state index contributed by atoms with van der Waals surface area (Å²) in [5.41, 5.74) is 5.13. The lowest BCUT2D eigenvalue weighted by Gasteiger charge is -2.10. The number of carbonyl (C=O) groups excluding carboxylic acids is 1. The zero-order chi connectivity index (χ0) is 19.0. The summed E-state index contributed by atoms with van der Waals surface area (Å²) in [6, 6.07) is 19.3. The highest BCUT2D eigenvalue weighted by Gasteiger charge is 2.19. The second-order valence-corrected chi connectivity index (χ2v) is 6.70. The molecule has 134 valence electrons. The van der Waals surface area contributed by atoms with E-state index < -0.39 is 0 Å². The Kier molecular flexibility index (Phi) is 4.20.